The molecule has 0 amide bonds. The lowest BCUT2D eigenvalue weighted by molar-refractivity contribution is 1.01. The van der Waals surface area contributed by atoms with Crippen molar-refractivity contribution < 1.29 is 0 Å². The Bertz CT molecular complexity index is 3550. The van der Waals surface area contributed by atoms with E-state index in [-0.39, 0.29) is 0 Å². The molecule has 0 aliphatic heterocycles. The van der Waals surface area contributed by atoms with Gasteiger partial charge in [-0.1, -0.05) is 146 Å². The minimum Gasteiger partial charge on any atom is -0.309 e. The van der Waals surface area contributed by atoms with Crippen molar-refractivity contribution in [3.05, 3.63) is 206 Å². The molecular weight excluding hydrogens is 705 g/mol. The van der Waals surface area contributed by atoms with Crippen molar-refractivity contribution >= 4 is 65.3 Å². The second-order valence-electron chi connectivity index (χ2n) is 15.0. The third-order valence-corrected chi connectivity index (χ3v) is 11.7. The lowest BCUT2D eigenvalue weighted by Gasteiger charge is -2.16. The molecule has 0 saturated heterocycles. The molecule has 0 spiro atoms. The van der Waals surface area contributed by atoms with Crippen LogP contribution < -0.4 is 0 Å². The first-order valence-electron chi connectivity index (χ1n) is 19.7. The van der Waals surface area contributed by atoms with Crippen LogP contribution >= 0.6 is 0 Å². The van der Waals surface area contributed by atoms with Gasteiger partial charge in [0.25, 0.3) is 0 Å². The molecular formula is C54H34N4. The summed E-state index contributed by atoms with van der Waals surface area (Å²) in [6.45, 7) is 0. The maximum atomic E-state index is 5.63. The van der Waals surface area contributed by atoms with E-state index in [0.29, 0.717) is 5.95 Å². The number of hydrogen-bond donors (Lipinski definition) is 0. The van der Waals surface area contributed by atoms with Gasteiger partial charge in [0, 0.05) is 38.2 Å². The monoisotopic (exact) mass is 738 g/mol. The summed E-state index contributed by atoms with van der Waals surface area (Å²) >= 11 is 0. The summed E-state index contributed by atoms with van der Waals surface area (Å²) < 4.78 is 4.62. The predicted molar refractivity (Wildman–Crippen MR) is 242 cm³/mol. The highest BCUT2D eigenvalue weighted by Gasteiger charge is 2.21. The van der Waals surface area contributed by atoms with Gasteiger partial charge < -0.3 is 4.57 Å². The van der Waals surface area contributed by atoms with Gasteiger partial charge >= 0.3 is 0 Å². The van der Waals surface area contributed by atoms with Gasteiger partial charge in [0.15, 0.2) is 0 Å². The summed E-state index contributed by atoms with van der Waals surface area (Å²) in [7, 11) is 0. The lowest BCUT2D eigenvalue weighted by Crippen LogP contribution is -2.04. The Morgan fingerprint density at radius 3 is 1.53 bits per heavy atom. The highest BCUT2D eigenvalue weighted by atomic mass is 15.2. The van der Waals surface area contributed by atoms with E-state index in [1.54, 1.807) is 0 Å². The van der Waals surface area contributed by atoms with Crippen molar-refractivity contribution in [2.45, 2.75) is 0 Å². The van der Waals surface area contributed by atoms with E-state index >= 15 is 0 Å². The van der Waals surface area contributed by atoms with Crippen molar-refractivity contribution in [2.24, 2.45) is 0 Å². The van der Waals surface area contributed by atoms with E-state index in [2.05, 4.69) is 215 Å². The van der Waals surface area contributed by atoms with Crippen LogP contribution in [0.1, 0.15) is 0 Å². The van der Waals surface area contributed by atoms with Crippen LogP contribution in [0, 0.1) is 0 Å². The topological polar surface area (TPSA) is 35.6 Å². The second kappa shape index (κ2) is 12.9. The average Bonchev–Trinajstić information content (AvgIpc) is 3.80. The van der Waals surface area contributed by atoms with Crippen LogP contribution in [0.4, 0.5) is 0 Å². The molecule has 3 aromatic heterocycles. The standard InChI is InChI=1S/C54H34N4/c1-4-16-35(17-5-1)43-33-47-48(34-44(43)36-18-6-2-7-19-36)55-54(58-50-27-15-13-25-42(50)46-30-37-20-10-11-21-38(37)32-52(46)58)56-53(47)39-28-29-51-45(31-39)41-24-12-14-26-49(41)57(51)40-22-8-3-9-23-40/h1-34H. The first kappa shape index (κ1) is 32.4. The zero-order chi connectivity index (χ0) is 38.2. The maximum Gasteiger partial charge on any atom is 0.235 e. The molecule has 0 fully saturated rings. The molecule has 0 atom stereocenters. The molecule has 4 heteroatoms. The van der Waals surface area contributed by atoms with Crippen molar-refractivity contribution in [1.82, 2.24) is 19.1 Å². The molecule has 0 saturated carbocycles. The highest BCUT2D eigenvalue weighted by Crippen LogP contribution is 2.42. The first-order chi connectivity index (χ1) is 28.8. The second-order valence-corrected chi connectivity index (χ2v) is 15.0. The highest BCUT2D eigenvalue weighted by molar-refractivity contribution is 6.14. The van der Waals surface area contributed by atoms with E-state index in [1.165, 1.54) is 37.8 Å². The Balaban J connectivity index is 1.20. The van der Waals surface area contributed by atoms with Crippen LogP contribution in [0.2, 0.25) is 0 Å². The number of para-hydroxylation sites is 3. The molecule has 0 aliphatic rings. The van der Waals surface area contributed by atoms with Crippen LogP contribution in [-0.2, 0) is 0 Å². The largest absolute Gasteiger partial charge is 0.309 e. The third kappa shape index (κ3) is 5.02. The number of benzene rings is 9. The summed E-state index contributed by atoms with van der Waals surface area (Å²) in [4.78, 5) is 11.1. The van der Waals surface area contributed by atoms with Crippen LogP contribution in [0.25, 0.3) is 110 Å². The van der Waals surface area contributed by atoms with Gasteiger partial charge in [0.05, 0.1) is 33.3 Å². The van der Waals surface area contributed by atoms with E-state index in [0.717, 1.165) is 66.7 Å². The van der Waals surface area contributed by atoms with E-state index in [1.807, 2.05) is 0 Å². The molecule has 0 aliphatic carbocycles. The van der Waals surface area contributed by atoms with E-state index < -0.39 is 0 Å². The number of nitrogens with zero attached hydrogens (tertiary/aromatic N) is 4. The quantitative estimate of drug-likeness (QED) is 0.176. The van der Waals surface area contributed by atoms with Gasteiger partial charge in [-0.25, -0.2) is 9.97 Å². The van der Waals surface area contributed by atoms with Crippen molar-refractivity contribution in [2.75, 3.05) is 0 Å². The third-order valence-electron chi connectivity index (χ3n) is 11.7. The first-order valence-corrected chi connectivity index (χ1v) is 19.7. The van der Waals surface area contributed by atoms with Crippen LogP contribution in [-0.4, -0.2) is 19.1 Å². The molecule has 0 unspecified atom stereocenters. The van der Waals surface area contributed by atoms with Crippen LogP contribution in [0.3, 0.4) is 0 Å². The Labute approximate surface area is 334 Å². The van der Waals surface area contributed by atoms with Gasteiger partial charge in [-0.3, -0.25) is 4.57 Å². The fourth-order valence-electron chi connectivity index (χ4n) is 9.04. The molecule has 0 N–H and O–H groups in total. The van der Waals surface area contributed by atoms with Gasteiger partial charge in [-0.05, 0) is 93.7 Å². The van der Waals surface area contributed by atoms with Crippen molar-refractivity contribution in [3.8, 4) is 45.1 Å². The number of fused-ring (bicyclic) bond motifs is 8. The molecule has 0 radical (unpaired) electrons. The zero-order valence-electron chi connectivity index (χ0n) is 31.4. The number of rotatable bonds is 5. The molecule has 270 valence electrons. The lowest BCUT2D eigenvalue weighted by atomic mass is 9.91. The predicted octanol–water partition coefficient (Wildman–Crippen LogP) is 14.0. The SMILES string of the molecule is c1ccc(-c2cc3nc(-n4c5ccccc5c5cc6ccccc6cc54)nc(-c4ccc5c(c4)c4ccccc4n5-c4ccccc4)c3cc2-c2ccccc2)cc1. The average molecular weight is 739 g/mol. The zero-order valence-corrected chi connectivity index (χ0v) is 31.4. The van der Waals surface area contributed by atoms with Crippen molar-refractivity contribution in [3.63, 3.8) is 0 Å². The molecule has 12 aromatic rings. The van der Waals surface area contributed by atoms with Crippen molar-refractivity contribution in [1.29, 1.82) is 0 Å². The van der Waals surface area contributed by atoms with Crippen LogP contribution in [0.5, 0.6) is 0 Å². The van der Waals surface area contributed by atoms with E-state index in [4.69, 9.17) is 9.97 Å². The minimum atomic E-state index is 0.641. The summed E-state index contributed by atoms with van der Waals surface area (Å²) in [5, 5.41) is 8.12. The van der Waals surface area contributed by atoms with E-state index in [9.17, 15) is 0 Å². The summed E-state index contributed by atoms with van der Waals surface area (Å²) in [6.07, 6.45) is 0. The fourth-order valence-corrected chi connectivity index (χ4v) is 9.04. The summed E-state index contributed by atoms with van der Waals surface area (Å²) in [5.74, 6) is 0.641. The molecule has 58 heavy (non-hydrogen) atoms. The number of hydrogen-bond acceptors (Lipinski definition) is 2. The maximum absolute atomic E-state index is 5.63. The molecule has 0 bridgehead atoms. The molecule has 9 aromatic carbocycles. The van der Waals surface area contributed by atoms with Crippen LogP contribution in [0.15, 0.2) is 206 Å². The smallest absolute Gasteiger partial charge is 0.235 e. The fraction of sp³-hybridized carbons (Fsp3) is 0. The van der Waals surface area contributed by atoms with Gasteiger partial charge in [-0.2, -0.15) is 0 Å². The minimum absolute atomic E-state index is 0.641. The van der Waals surface area contributed by atoms with Gasteiger partial charge in [-0.15, -0.1) is 0 Å². The summed E-state index contributed by atoms with van der Waals surface area (Å²) in [6, 6.07) is 73.8. The molecule has 12 rings (SSSR count). The Hall–Kier alpha value is -7.82. The Morgan fingerprint density at radius 1 is 0.310 bits per heavy atom. The van der Waals surface area contributed by atoms with Gasteiger partial charge in [0.1, 0.15) is 0 Å². The summed E-state index contributed by atoms with van der Waals surface area (Å²) in [5.41, 5.74) is 13.0. The van der Waals surface area contributed by atoms with Gasteiger partial charge in [0.2, 0.25) is 5.95 Å². The number of aromatic nitrogens is 4. The Kier molecular flexibility index (Phi) is 7.20. The molecule has 4 nitrogen and oxygen atoms in total. The normalized spacial score (nSPS) is 11.8. The molecule has 3 heterocycles. The Morgan fingerprint density at radius 2 is 0.845 bits per heavy atom.